The van der Waals surface area contributed by atoms with E-state index in [1.807, 2.05) is 6.92 Å². The van der Waals surface area contributed by atoms with Crippen molar-refractivity contribution in [2.45, 2.75) is 30.4 Å². The van der Waals surface area contributed by atoms with E-state index in [9.17, 15) is 4.39 Å². The van der Waals surface area contributed by atoms with Crippen molar-refractivity contribution in [2.24, 2.45) is 5.73 Å². The van der Waals surface area contributed by atoms with Crippen LogP contribution in [0.1, 0.15) is 26.7 Å². The number of halogens is 2. The van der Waals surface area contributed by atoms with E-state index in [4.69, 9.17) is 5.73 Å². The average molecular weight is 257 g/mol. The number of hydrogen-bond acceptors (Lipinski definition) is 1. The highest BCUT2D eigenvalue weighted by Crippen LogP contribution is 2.31. The summed E-state index contributed by atoms with van der Waals surface area (Å²) >= 11 is 1.75. The van der Waals surface area contributed by atoms with Gasteiger partial charge in [0, 0.05) is 0 Å². The standard InChI is InChI=1S/C7H13FIN/c1-3-4-6(5-10)7(2,8)9/h5H,3-4,10H2,1-2H3/b6-5+. The molecular weight excluding hydrogens is 244 g/mol. The third kappa shape index (κ3) is 3.39. The quantitative estimate of drug-likeness (QED) is 0.610. The summed E-state index contributed by atoms with van der Waals surface area (Å²) < 4.78 is 11.8. The Balaban J connectivity index is 4.10. The molecule has 0 aliphatic heterocycles. The molecule has 3 heteroatoms. The third-order valence-electron chi connectivity index (χ3n) is 1.28. The van der Waals surface area contributed by atoms with E-state index in [1.54, 1.807) is 22.6 Å². The summed E-state index contributed by atoms with van der Waals surface area (Å²) in [7, 11) is 0. The van der Waals surface area contributed by atoms with Crippen molar-refractivity contribution in [1.29, 1.82) is 0 Å². The van der Waals surface area contributed by atoms with Crippen molar-refractivity contribution in [3.05, 3.63) is 11.8 Å². The van der Waals surface area contributed by atoms with Gasteiger partial charge >= 0.3 is 0 Å². The maximum Gasteiger partial charge on any atom is 0.181 e. The first-order valence-corrected chi connectivity index (χ1v) is 4.39. The first kappa shape index (κ1) is 10.2. The summed E-state index contributed by atoms with van der Waals surface area (Å²) in [4.78, 5) is 0. The molecule has 1 nitrogen and oxygen atoms in total. The first-order valence-electron chi connectivity index (χ1n) is 3.31. The van der Waals surface area contributed by atoms with Gasteiger partial charge in [-0.25, -0.2) is 4.39 Å². The predicted octanol–water partition coefficient (Wildman–Crippen LogP) is 2.75. The summed E-state index contributed by atoms with van der Waals surface area (Å²) in [5.41, 5.74) is 5.91. The lowest BCUT2D eigenvalue weighted by Gasteiger charge is -2.15. The highest BCUT2D eigenvalue weighted by atomic mass is 127. The summed E-state index contributed by atoms with van der Waals surface area (Å²) in [6.07, 6.45) is 3.05. The molecule has 0 radical (unpaired) electrons. The SMILES string of the molecule is CCC/C(=C\N)C(C)(F)I. The van der Waals surface area contributed by atoms with Crippen molar-refractivity contribution in [3.8, 4) is 0 Å². The van der Waals surface area contributed by atoms with Crippen molar-refractivity contribution < 1.29 is 4.39 Å². The molecule has 0 amide bonds. The zero-order valence-corrected chi connectivity index (χ0v) is 8.48. The Kier molecular flexibility index (Phi) is 4.24. The number of rotatable bonds is 3. The van der Waals surface area contributed by atoms with Crippen LogP contribution in [0.15, 0.2) is 11.8 Å². The normalized spacial score (nSPS) is 18.6. The van der Waals surface area contributed by atoms with Gasteiger partial charge in [0.1, 0.15) is 0 Å². The van der Waals surface area contributed by atoms with Gasteiger partial charge in [0.15, 0.2) is 3.68 Å². The number of alkyl halides is 2. The second kappa shape index (κ2) is 4.16. The molecule has 60 valence electrons. The molecule has 0 heterocycles. The van der Waals surface area contributed by atoms with Gasteiger partial charge in [-0.2, -0.15) is 0 Å². The summed E-state index contributed by atoms with van der Waals surface area (Å²) in [5.74, 6) is 0. The smallest absolute Gasteiger partial charge is 0.181 e. The lowest BCUT2D eigenvalue weighted by molar-refractivity contribution is 0.379. The highest BCUT2D eigenvalue weighted by molar-refractivity contribution is 14.1. The molecule has 0 rings (SSSR count). The van der Waals surface area contributed by atoms with Crippen LogP contribution in [-0.2, 0) is 0 Å². The average Bonchev–Trinajstić information content (AvgIpc) is 1.80. The van der Waals surface area contributed by atoms with E-state index in [0.29, 0.717) is 5.57 Å². The molecule has 0 saturated carbocycles. The monoisotopic (exact) mass is 257 g/mol. The van der Waals surface area contributed by atoms with Gasteiger partial charge in [0.05, 0.1) is 0 Å². The van der Waals surface area contributed by atoms with E-state index < -0.39 is 3.68 Å². The summed E-state index contributed by atoms with van der Waals surface area (Å²) in [6.45, 7) is 3.52. The molecule has 2 N–H and O–H groups in total. The molecule has 1 unspecified atom stereocenters. The molecule has 0 aromatic heterocycles. The lowest BCUT2D eigenvalue weighted by Crippen LogP contribution is -2.12. The molecule has 0 spiro atoms. The minimum Gasteiger partial charge on any atom is -0.405 e. The minimum absolute atomic E-state index is 0.676. The molecule has 0 aliphatic rings. The van der Waals surface area contributed by atoms with E-state index in [1.165, 1.54) is 13.1 Å². The van der Waals surface area contributed by atoms with Gasteiger partial charge in [-0.05, 0) is 47.7 Å². The van der Waals surface area contributed by atoms with Crippen LogP contribution in [0.3, 0.4) is 0 Å². The molecule has 0 aromatic rings. The number of nitrogens with two attached hydrogens (primary N) is 1. The van der Waals surface area contributed by atoms with Gasteiger partial charge in [-0.15, -0.1) is 0 Å². The molecule has 0 aliphatic carbocycles. The van der Waals surface area contributed by atoms with E-state index >= 15 is 0 Å². The van der Waals surface area contributed by atoms with E-state index in [-0.39, 0.29) is 0 Å². The summed E-state index contributed by atoms with van der Waals surface area (Å²) in [5, 5.41) is 0. The Morgan fingerprint density at radius 2 is 2.30 bits per heavy atom. The van der Waals surface area contributed by atoms with Gasteiger partial charge in [0.2, 0.25) is 0 Å². The van der Waals surface area contributed by atoms with Crippen molar-refractivity contribution in [1.82, 2.24) is 0 Å². The maximum absolute atomic E-state index is 13.1. The van der Waals surface area contributed by atoms with Gasteiger partial charge in [0.25, 0.3) is 0 Å². The fourth-order valence-corrected chi connectivity index (χ4v) is 1.17. The van der Waals surface area contributed by atoms with Crippen LogP contribution < -0.4 is 5.73 Å². The zero-order chi connectivity index (χ0) is 8.20. The molecule has 0 bridgehead atoms. The minimum atomic E-state index is -1.28. The largest absolute Gasteiger partial charge is 0.405 e. The maximum atomic E-state index is 13.1. The highest BCUT2D eigenvalue weighted by Gasteiger charge is 2.22. The summed E-state index contributed by atoms with van der Waals surface area (Å²) in [6, 6.07) is 0. The van der Waals surface area contributed by atoms with Crippen LogP contribution in [0.25, 0.3) is 0 Å². The Hall–Kier alpha value is 0.200. The van der Waals surface area contributed by atoms with Crippen LogP contribution >= 0.6 is 22.6 Å². The fraction of sp³-hybridized carbons (Fsp3) is 0.714. The Morgan fingerprint density at radius 1 is 1.80 bits per heavy atom. The van der Waals surface area contributed by atoms with Crippen LogP contribution in [0, 0.1) is 0 Å². The second-order valence-corrected chi connectivity index (χ2v) is 4.36. The first-order chi connectivity index (χ1) is 4.52. The van der Waals surface area contributed by atoms with Crippen molar-refractivity contribution >= 4 is 22.6 Å². The van der Waals surface area contributed by atoms with Crippen LogP contribution in [0.4, 0.5) is 4.39 Å². The van der Waals surface area contributed by atoms with Crippen LogP contribution in [-0.4, -0.2) is 3.68 Å². The van der Waals surface area contributed by atoms with Crippen molar-refractivity contribution in [2.75, 3.05) is 0 Å². The van der Waals surface area contributed by atoms with Crippen LogP contribution in [0.5, 0.6) is 0 Å². The predicted molar refractivity (Wildman–Crippen MR) is 50.7 cm³/mol. The fourth-order valence-electron chi connectivity index (χ4n) is 0.718. The van der Waals surface area contributed by atoms with Gasteiger partial charge < -0.3 is 5.73 Å². The Morgan fingerprint density at radius 3 is 2.40 bits per heavy atom. The lowest BCUT2D eigenvalue weighted by atomic mass is 10.1. The topological polar surface area (TPSA) is 26.0 Å². The molecular formula is C7H13FIN. The molecule has 0 saturated heterocycles. The van der Waals surface area contributed by atoms with E-state index in [0.717, 1.165) is 12.8 Å². The zero-order valence-electron chi connectivity index (χ0n) is 6.32. The molecule has 0 aromatic carbocycles. The number of allylic oxidation sites excluding steroid dienone is 1. The van der Waals surface area contributed by atoms with Crippen molar-refractivity contribution in [3.63, 3.8) is 0 Å². The number of hydrogen-bond donors (Lipinski definition) is 1. The van der Waals surface area contributed by atoms with Crippen LogP contribution in [0.2, 0.25) is 0 Å². The van der Waals surface area contributed by atoms with E-state index in [2.05, 4.69) is 0 Å². The van der Waals surface area contributed by atoms with Gasteiger partial charge in [-0.1, -0.05) is 13.3 Å². The van der Waals surface area contributed by atoms with Gasteiger partial charge in [-0.3, -0.25) is 0 Å². The molecule has 10 heavy (non-hydrogen) atoms. The Labute approximate surface area is 75.0 Å². The molecule has 1 atom stereocenters. The molecule has 0 fully saturated rings. The Bertz CT molecular complexity index is 126. The second-order valence-electron chi connectivity index (χ2n) is 2.33. The third-order valence-corrected chi connectivity index (χ3v) is 1.98.